The normalized spacial score (nSPS) is 19.7. The van der Waals surface area contributed by atoms with Crippen LogP contribution in [0.5, 0.6) is 0 Å². The molecule has 2 aromatic heterocycles. The molecule has 0 atom stereocenters. The number of nitrogens with zero attached hydrogens (tertiary/aromatic N) is 3. The molecule has 124 valence electrons. The molecule has 5 nitrogen and oxygen atoms in total. The second-order valence-corrected chi connectivity index (χ2v) is 7.08. The van der Waals surface area contributed by atoms with Crippen LogP contribution in [0, 0.1) is 0 Å². The summed E-state index contributed by atoms with van der Waals surface area (Å²) in [7, 11) is 0. The van der Waals surface area contributed by atoms with E-state index in [4.69, 9.17) is 0 Å². The van der Waals surface area contributed by atoms with Crippen molar-refractivity contribution in [2.45, 2.75) is 31.3 Å². The first-order valence-electron chi connectivity index (χ1n) is 7.85. The molecule has 0 bridgehead atoms. The van der Waals surface area contributed by atoms with E-state index in [2.05, 4.69) is 21.9 Å². The Hall–Kier alpha value is -1.37. The van der Waals surface area contributed by atoms with Crippen LogP contribution in [0.1, 0.15) is 23.3 Å². The first-order chi connectivity index (χ1) is 10.8. The third-order valence-electron chi connectivity index (χ3n) is 4.87. The second kappa shape index (κ2) is 6.63. The van der Waals surface area contributed by atoms with Crippen molar-refractivity contribution in [2.24, 2.45) is 0 Å². The smallest absolute Gasteiger partial charge is 0.250 e. The molecule has 1 saturated heterocycles. The van der Waals surface area contributed by atoms with Crippen molar-refractivity contribution in [3.05, 3.63) is 40.3 Å². The predicted octanol–water partition coefficient (Wildman–Crippen LogP) is 2.03. The summed E-state index contributed by atoms with van der Waals surface area (Å²) in [6.07, 6.45) is 6.29. The predicted molar refractivity (Wildman–Crippen MR) is 93.0 cm³/mol. The molecule has 2 aromatic rings. The minimum absolute atomic E-state index is 0. The Morgan fingerprint density at radius 2 is 2.17 bits per heavy atom. The lowest BCUT2D eigenvalue weighted by atomic mass is 9.86. The van der Waals surface area contributed by atoms with E-state index in [1.54, 1.807) is 17.5 Å². The van der Waals surface area contributed by atoms with Crippen LogP contribution in [0.4, 0.5) is 0 Å². The molecule has 4 heterocycles. The number of piperidine rings is 1. The molecule has 1 amide bonds. The maximum atomic E-state index is 13.3. The van der Waals surface area contributed by atoms with Gasteiger partial charge in [-0.25, -0.2) is 0 Å². The zero-order chi connectivity index (χ0) is 15.0. The highest BCUT2D eigenvalue weighted by atomic mass is 35.5. The van der Waals surface area contributed by atoms with Gasteiger partial charge in [0.25, 0.3) is 5.91 Å². The first-order valence-corrected chi connectivity index (χ1v) is 8.73. The Bertz CT molecular complexity index is 663. The average Bonchev–Trinajstić information content (AvgIpc) is 3.25. The van der Waals surface area contributed by atoms with Gasteiger partial charge in [-0.2, -0.15) is 5.10 Å². The van der Waals surface area contributed by atoms with Crippen LogP contribution in [0.25, 0.3) is 0 Å². The van der Waals surface area contributed by atoms with Crippen LogP contribution < -0.4 is 5.32 Å². The number of carbonyl (C=O) groups excluding carboxylic acids is 1. The highest BCUT2D eigenvalue weighted by molar-refractivity contribution is 7.10. The molecule has 0 aliphatic carbocycles. The maximum Gasteiger partial charge on any atom is 0.250 e. The standard InChI is InChI=1S/C16H20N4OS.ClH/c21-15(19-10-2-14-13(12-19)3-11-22-14)16(4-7-17-8-5-16)20-9-1-6-18-20;/h1,3,6,9,11,17H,2,4-5,7-8,10,12H2;1H. The van der Waals surface area contributed by atoms with Crippen LogP contribution in [0.2, 0.25) is 0 Å². The third kappa shape index (κ3) is 2.79. The summed E-state index contributed by atoms with van der Waals surface area (Å²) >= 11 is 1.81. The van der Waals surface area contributed by atoms with Gasteiger partial charge in [0.1, 0.15) is 5.54 Å². The molecule has 1 fully saturated rings. The van der Waals surface area contributed by atoms with Gasteiger partial charge < -0.3 is 10.2 Å². The fourth-order valence-corrected chi connectivity index (χ4v) is 4.51. The van der Waals surface area contributed by atoms with Crippen LogP contribution in [0.15, 0.2) is 29.9 Å². The summed E-state index contributed by atoms with van der Waals surface area (Å²) in [5, 5.41) is 9.90. The Kier molecular flexibility index (Phi) is 4.75. The van der Waals surface area contributed by atoms with E-state index in [0.29, 0.717) is 0 Å². The number of rotatable bonds is 2. The molecule has 0 unspecified atom stereocenters. The summed E-state index contributed by atoms with van der Waals surface area (Å²) in [6.45, 7) is 3.29. The van der Waals surface area contributed by atoms with Gasteiger partial charge in [-0.1, -0.05) is 0 Å². The third-order valence-corrected chi connectivity index (χ3v) is 5.89. The maximum absolute atomic E-state index is 13.3. The highest BCUT2D eigenvalue weighted by Gasteiger charge is 2.44. The van der Waals surface area contributed by atoms with Crippen molar-refractivity contribution in [1.29, 1.82) is 0 Å². The second-order valence-electron chi connectivity index (χ2n) is 6.08. The van der Waals surface area contributed by atoms with E-state index < -0.39 is 5.54 Å². The van der Waals surface area contributed by atoms with Crippen molar-refractivity contribution in [1.82, 2.24) is 20.0 Å². The van der Waals surface area contributed by atoms with Gasteiger partial charge in [0, 0.05) is 30.4 Å². The Balaban J connectivity index is 0.00000156. The zero-order valence-electron chi connectivity index (χ0n) is 12.9. The first kappa shape index (κ1) is 16.5. The monoisotopic (exact) mass is 352 g/mol. The van der Waals surface area contributed by atoms with Crippen molar-refractivity contribution in [2.75, 3.05) is 19.6 Å². The van der Waals surface area contributed by atoms with Gasteiger partial charge in [0.2, 0.25) is 0 Å². The van der Waals surface area contributed by atoms with Crippen molar-refractivity contribution >= 4 is 29.7 Å². The van der Waals surface area contributed by atoms with Gasteiger partial charge in [0.15, 0.2) is 0 Å². The van der Waals surface area contributed by atoms with Gasteiger partial charge in [0.05, 0.1) is 0 Å². The van der Waals surface area contributed by atoms with Gasteiger partial charge >= 0.3 is 0 Å². The highest BCUT2D eigenvalue weighted by Crippen LogP contribution is 2.32. The quantitative estimate of drug-likeness (QED) is 0.899. The Morgan fingerprint density at radius 3 is 2.91 bits per heavy atom. The SMILES string of the molecule is Cl.O=C(N1CCc2sccc2C1)C1(n2cccn2)CCNCC1. The van der Waals surface area contributed by atoms with Crippen molar-refractivity contribution in [3.8, 4) is 0 Å². The van der Waals surface area contributed by atoms with Gasteiger partial charge in [-0.3, -0.25) is 9.48 Å². The number of hydrogen-bond acceptors (Lipinski definition) is 4. The van der Waals surface area contributed by atoms with Crippen LogP contribution >= 0.6 is 23.7 Å². The molecule has 2 aliphatic rings. The fourth-order valence-electron chi connectivity index (χ4n) is 3.62. The fraction of sp³-hybridized carbons (Fsp3) is 0.500. The minimum Gasteiger partial charge on any atom is -0.336 e. The van der Waals surface area contributed by atoms with E-state index in [9.17, 15) is 4.79 Å². The topological polar surface area (TPSA) is 50.2 Å². The number of amides is 1. The summed E-state index contributed by atoms with van der Waals surface area (Å²) < 4.78 is 1.89. The van der Waals surface area contributed by atoms with Crippen LogP contribution in [0.3, 0.4) is 0 Å². The van der Waals surface area contributed by atoms with E-state index in [-0.39, 0.29) is 18.3 Å². The molecule has 0 saturated carbocycles. The van der Waals surface area contributed by atoms with E-state index in [0.717, 1.165) is 45.4 Å². The lowest BCUT2D eigenvalue weighted by molar-refractivity contribution is -0.144. The lowest BCUT2D eigenvalue weighted by Gasteiger charge is -2.41. The minimum atomic E-state index is -0.512. The number of nitrogens with one attached hydrogen (secondary N) is 1. The number of carbonyl (C=O) groups is 1. The number of hydrogen-bond donors (Lipinski definition) is 1. The molecule has 1 N–H and O–H groups in total. The number of halogens is 1. The zero-order valence-corrected chi connectivity index (χ0v) is 14.5. The van der Waals surface area contributed by atoms with E-state index >= 15 is 0 Å². The van der Waals surface area contributed by atoms with Crippen LogP contribution in [-0.4, -0.2) is 40.2 Å². The average molecular weight is 353 g/mol. The molecule has 0 radical (unpaired) electrons. The summed E-state index contributed by atoms with van der Waals surface area (Å²) in [4.78, 5) is 16.8. The molecule has 0 spiro atoms. The Morgan fingerprint density at radius 1 is 1.35 bits per heavy atom. The van der Waals surface area contributed by atoms with Crippen LogP contribution in [-0.2, 0) is 23.3 Å². The summed E-state index contributed by atoms with van der Waals surface area (Å²) in [6, 6.07) is 4.06. The Labute approximate surface area is 146 Å². The summed E-state index contributed by atoms with van der Waals surface area (Å²) in [5.74, 6) is 0.231. The van der Waals surface area contributed by atoms with Crippen molar-refractivity contribution in [3.63, 3.8) is 0 Å². The number of aromatic nitrogens is 2. The molecule has 4 rings (SSSR count). The molecule has 23 heavy (non-hydrogen) atoms. The molecule has 0 aromatic carbocycles. The van der Waals surface area contributed by atoms with E-state index in [1.807, 2.05) is 21.8 Å². The summed E-state index contributed by atoms with van der Waals surface area (Å²) in [5.41, 5.74) is 0.802. The molecular weight excluding hydrogens is 332 g/mol. The van der Waals surface area contributed by atoms with Gasteiger partial charge in [-0.15, -0.1) is 23.7 Å². The number of thiophene rings is 1. The molecule has 7 heteroatoms. The molecular formula is C16H21ClN4OS. The number of fused-ring (bicyclic) bond motifs is 1. The lowest BCUT2D eigenvalue weighted by Crippen LogP contribution is -2.56. The van der Waals surface area contributed by atoms with E-state index in [1.165, 1.54) is 10.4 Å². The largest absolute Gasteiger partial charge is 0.336 e. The molecule has 2 aliphatic heterocycles. The van der Waals surface area contributed by atoms with Gasteiger partial charge in [-0.05, 0) is 55.4 Å². The van der Waals surface area contributed by atoms with Crippen molar-refractivity contribution < 1.29 is 4.79 Å².